The summed E-state index contributed by atoms with van der Waals surface area (Å²) >= 11 is 0. The first-order valence-electron chi connectivity index (χ1n) is 8.98. The van der Waals surface area contributed by atoms with Gasteiger partial charge in [0.25, 0.3) is 11.5 Å². The van der Waals surface area contributed by atoms with Crippen LogP contribution in [0.2, 0.25) is 0 Å². The molecule has 0 bridgehead atoms. The van der Waals surface area contributed by atoms with Crippen LogP contribution in [0.1, 0.15) is 28.5 Å². The van der Waals surface area contributed by atoms with Crippen LogP contribution in [0.25, 0.3) is 21.7 Å². The molecule has 0 fully saturated rings. The zero-order valence-electron chi connectivity index (χ0n) is 15.6. The first kappa shape index (κ1) is 17.7. The number of fused-ring (bicyclic) bond motifs is 2. The number of hydrogen-bond acceptors (Lipinski definition) is 4. The van der Waals surface area contributed by atoms with Gasteiger partial charge in [0.05, 0.1) is 11.6 Å². The second-order valence-corrected chi connectivity index (χ2v) is 6.46. The SMILES string of the molecule is CCc1cccc2c(/C=N/NC(=O)c3nn(C)c(=O)c4ccccc34)c[nH]c12. The number of benzene rings is 2. The maximum Gasteiger partial charge on any atom is 0.292 e. The number of nitrogens with zero attached hydrogens (tertiary/aromatic N) is 3. The van der Waals surface area contributed by atoms with Gasteiger partial charge in [-0.1, -0.05) is 43.3 Å². The van der Waals surface area contributed by atoms with Gasteiger partial charge in [-0.25, -0.2) is 10.1 Å². The minimum atomic E-state index is -0.475. The van der Waals surface area contributed by atoms with Crippen LogP contribution in [0.5, 0.6) is 0 Å². The monoisotopic (exact) mass is 373 g/mol. The van der Waals surface area contributed by atoms with Crippen molar-refractivity contribution in [3.63, 3.8) is 0 Å². The summed E-state index contributed by atoms with van der Waals surface area (Å²) in [5, 5.41) is 10.2. The largest absolute Gasteiger partial charge is 0.360 e. The van der Waals surface area contributed by atoms with Gasteiger partial charge in [-0.2, -0.15) is 10.2 Å². The Balaban J connectivity index is 1.63. The summed E-state index contributed by atoms with van der Waals surface area (Å²) in [7, 11) is 1.52. The molecule has 7 heteroatoms. The third kappa shape index (κ3) is 2.96. The van der Waals surface area contributed by atoms with E-state index < -0.39 is 5.91 Å². The minimum absolute atomic E-state index is 0.155. The third-order valence-corrected chi connectivity index (χ3v) is 4.76. The molecule has 140 valence electrons. The Kier molecular flexibility index (Phi) is 4.49. The smallest absolute Gasteiger partial charge is 0.292 e. The molecule has 2 N–H and O–H groups in total. The molecule has 1 amide bonds. The molecule has 2 aromatic carbocycles. The average Bonchev–Trinajstić information content (AvgIpc) is 3.14. The molecule has 0 unspecified atom stereocenters. The van der Waals surface area contributed by atoms with Gasteiger partial charge in [-0.15, -0.1) is 0 Å². The number of aromatic amines is 1. The highest BCUT2D eigenvalue weighted by atomic mass is 16.2. The van der Waals surface area contributed by atoms with Crippen molar-refractivity contribution >= 4 is 33.8 Å². The predicted molar refractivity (Wildman–Crippen MR) is 110 cm³/mol. The molecule has 7 nitrogen and oxygen atoms in total. The highest BCUT2D eigenvalue weighted by molar-refractivity contribution is 6.05. The van der Waals surface area contributed by atoms with E-state index in [1.807, 2.05) is 18.3 Å². The second kappa shape index (κ2) is 7.11. The predicted octanol–water partition coefficient (Wildman–Crippen LogP) is 2.74. The minimum Gasteiger partial charge on any atom is -0.360 e. The quantitative estimate of drug-likeness (QED) is 0.426. The van der Waals surface area contributed by atoms with Gasteiger partial charge in [0.2, 0.25) is 0 Å². The highest BCUT2D eigenvalue weighted by Crippen LogP contribution is 2.21. The number of carbonyl (C=O) groups is 1. The van der Waals surface area contributed by atoms with E-state index in [4.69, 9.17) is 0 Å². The van der Waals surface area contributed by atoms with E-state index in [2.05, 4.69) is 33.6 Å². The lowest BCUT2D eigenvalue weighted by molar-refractivity contribution is 0.0950. The van der Waals surface area contributed by atoms with Crippen LogP contribution in [0, 0.1) is 0 Å². The topological polar surface area (TPSA) is 92.1 Å². The van der Waals surface area contributed by atoms with Gasteiger partial charge in [0.15, 0.2) is 5.69 Å². The molecule has 0 spiro atoms. The number of hydrogen-bond donors (Lipinski definition) is 2. The summed E-state index contributed by atoms with van der Waals surface area (Å²) in [6.07, 6.45) is 4.39. The van der Waals surface area contributed by atoms with Crippen LogP contribution in [0.3, 0.4) is 0 Å². The van der Waals surface area contributed by atoms with Gasteiger partial charge in [-0.05, 0) is 18.1 Å². The van der Waals surface area contributed by atoms with E-state index in [-0.39, 0.29) is 11.3 Å². The molecule has 4 rings (SSSR count). The summed E-state index contributed by atoms with van der Waals surface area (Å²) < 4.78 is 1.16. The summed E-state index contributed by atoms with van der Waals surface area (Å²) in [6, 6.07) is 13.0. The Morgan fingerprint density at radius 1 is 1.18 bits per heavy atom. The zero-order chi connectivity index (χ0) is 19.7. The Morgan fingerprint density at radius 2 is 1.93 bits per heavy atom. The van der Waals surface area contributed by atoms with Crippen LogP contribution in [-0.4, -0.2) is 26.9 Å². The molecule has 0 radical (unpaired) electrons. The van der Waals surface area contributed by atoms with Crippen LogP contribution in [-0.2, 0) is 13.5 Å². The fourth-order valence-corrected chi connectivity index (χ4v) is 3.32. The van der Waals surface area contributed by atoms with E-state index in [9.17, 15) is 9.59 Å². The van der Waals surface area contributed by atoms with E-state index in [1.54, 1.807) is 30.5 Å². The van der Waals surface area contributed by atoms with Crippen molar-refractivity contribution in [2.75, 3.05) is 0 Å². The zero-order valence-corrected chi connectivity index (χ0v) is 15.6. The molecule has 2 heterocycles. The summed E-state index contributed by atoms with van der Waals surface area (Å²) in [4.78, 5) is 28.1. The number of nitrogens with one attached hydrogen (secondary N) is 2. The van der Waals surface area contributed by atoms with Crippen molar-refractivity contribution in [1.29, 1.82) is 0 Å². The molecule has 0 aliphatic carbocycles. The van der Waals surface area contributed by atoms with Crippen LogP contribution < -0.4 is 11.0 Å². The molecule has 0 atom stereocenters. The Labute approximate surface area is 160 Å². The lowest BCUT2D eigenvalue weighted by Gasteiger charge is -2.06. The molecular formula is C21H19N5O2. The van der Waals surface area contributed by atoms with E-state index in [0.717, 1.165) is 27.6 Å². The number of aromatic nitrogens is 3. The van der Waals surface area contributed by atoms with Crippen molar-refractivity contribution in [3.05, 3.63) is 75.8 Å². The third-order valence-electron chi connectivity index (χ3n) is 4.76. The van der Waals surface area contributed by atoms with Gasteiger partial charge in [0.1, 0.15) is 0 Å². The fraction of sp³-hybridized carbons (Fsp3) is 0.143. The number of aryl methyl sites for hydroxylation is 2. The van der Waals surface area contributed by atoms with Crippen molar-refractivity contribution in [2.24, 2.45) is 12.1 Å². The molecule has 0 saturated heterocycles. The van der Waals surface area contributed by atoms with Crippen molar-refractivity contribution in [3.8, 4) is 0 Å². The lowest BCUT2D eigenvalue weighted by Crippen LogP contribution is -2.27. The number of hydrazone groups is 1. The van der Waals surface area contributed by atoms with Crippen LogP contribution >= 0.6 is 0 Å². The standard InChI is InChI=1S/C21H19N5O2/c1-3-13-7-6-10-15-14(11-22-18(13)15)12-23-24-20(27)19-16-8-4-5-9-17(16)21(28)26(2)25-19/h4-12,22H,3H2,1-2H3,(H,24,27)/b23-12+. The Morgan fingerprint density at radius 3 is 2.71 bits per heavy atom. The molecule has 0 aliphatic heterocycles. The van der Waals surface area contributed by atoms with E-state index >= 15 is 0 Å². The van der Waals surface area contributed by atoms with Gasteiger partial charge in [-0.3, -0.25) is 9.59 Å². The number of amides is 1. The molecular weight excluding hydrogens is 354 g/mol. The lowest BCUT2D eigenvalue weighted by atomic mass is 10.1. The summed E-state index contributed by atoms with van der Waals surface area (Å²) in [5.41, 5.74) is 5.59. The number of para-hydroxylation sites is 1. The normalized spacial score (nSPS) is 11.5. The summed E-state index contributed by atoms with van der Waals surface area (Å²) in [5.74, 6) is -0.475. The van der Waals surface area contributed by atoms with Gasteiger partial charge >= 0.3 is 0 Å². The molecule has 2 aromatic heterocycles. The highest BCUT2D eigenvalue weighted by Gasteiger charge is 2.15. The van der Waals surface area contributed by atoms with Gasteiger partial charge in [0, 0.05) is 35.1 Å². The maximum atomic E-state index is 12.6. The first-order chi connectivity index (χ1) is 13.6. The van der Waals surface area contributed by atoms with Crippen LogP contribution in [0.15, 0.2) is 58.6 Å². The molecule has 0 saturated carbocycles. The number of carbonyl (C=O) groups excluding carboxylic acids is 1. The van der Waals surface area contributed by atoms with Crippen molar-refractivity contribution in [2.45, 2.75) is 13.3 Å². The van der Waals surface area contributed by atoms with Crippen LogP contribution in [0.4, 0.5) is 0 Å². The number of rotatable bonds is 4. The van der Waals surface area contributed by atoms with Gasteiger partial charge < -0.3 is 4.98 Å². The average molecular weight is 373 g/mol. The molecule has 0 aliphatic rings. The maximum absolute atomic E-state index is 12.6. The van der Waals surface area contributed by atoms with Crippen molar-refractivity contribution in [1.82, 2.24) is 20.2 Å². The van der Waals surface area contributed by atoms with Crippen molar-refractivity contribution < 1.29 is 4.79 Å². The van der Waals surface area contributed by atoms with E-state index in [0.29, 0.717) is 10.8 Å². The summed E-state index contributed by atoms with van der Waals surface area (Å²) in [6.45, 7) is 2.11. The van der Waals surface area contributed by atoms with E-state index in [1.165, 1.54) is 12.6 Å². The Bertz CT molecular complexity index is 1280. The second-order valence-electron chi connectivity index (χ2n) is 6.46. The fourth-order valence-electron chi connectivity index (χ4n) is 3.32. The molecule has 28 heavy (non-hydrogen) atoms. The Hall–Kier alpha value is -3.74. The molecule has 4 aromatic rings. The first-order valence-corrected chi connectivity index (χ1v) is 8.98. The number of H-pyrrole nitrogens is 1.